The molecule has 1 fully saturated rings. The first-order valence-electron chi connectivity index (χ1n) is 7.48. The van der Waals surface area contributed by atoms with Crippen molar-refractivity contribution in [3.8, 4) is 0 Å². The molecule has 2 nitrogen and oxygen atoms in total. The van der Waals surface area contributed by atoms with Gasteiger partial charge in [-0.3, -0.25) is 0 Å². The van der Waals surface area contributed by atoms with Crippen molar-refractivity contribution in [1.82, 2.24) is 4.90 Å². The number of fused-ring (bicyclic) bond motifs is 2. The van der Waals surface area contributed by atoms with Crippen LogP contribution in [0.2, 0.25) is 0 Å². The topological polar surface area (TPSA) is 15.3 Å². The van der Waals surface area contributed by atoms with Crippen molar-refractivity contribution in [1.29, 1.82) is 0 Å². The average molecular weight is 258 g/mol. The van der Waals surface area contributed by atoms with Crippen LogP contribution in [-0.4, -0.2) is 31.6 Å². The molecule has 2 heteroatoms. The number of likely N-dealkylation sites (tertiary alicyclic amines) is 1. The lowest BCUT2D eigenvalue weighted by Crippen LogP contribution is -2.42. The van der Waals surface area contributed by atoms with Gasteiger partial charge in [-0.2, -0.15) is 0 Å². The van der Waals surface area contributed by atoms with E-state index in [9.17, 15) is 0 Å². The average Bonchev–Trinajstić information content (AvgIpc) is 2.71. The van der Waals surface area contributed by atoms with E-state index in [0.29, 0.717) is 5.41 Å². The molecule has 1 aromatic carbocycles. The minimum Gasteiger partial charge on any atom is -0.384 e. The lowest BCUT2D eigenvalue weighted by Gasteiger charge is -2.38. The first-order valence-corrected chi connectivity index (χ1v) is 7.48. The number of anilines is 1. The fourth-order valence-corrected chi connectivity index (χ4v) is 3.47. The molecule has 2 heterocycles. The van der Waals surface area contributed by atoms with Crippen molar-refractivity contribution >= 4 is 5.69 Å². The van der Waals surface area contributed by atoms with Crippen LogP contribution in [0.25, 0.3) is 0 Å². The normalized spacial score (nSPS) is 22.3. The Labute approximate surface area is 117 Å². The summed E-state index contributed by atoms with van der Waals surface area (Å²) in [7, 11) is 2.23. The molecule has 0 radical (unpaired) electrons. The van der Waals surface area contributed by atoms with Gasteiger partial charge in [-0.25, -0.2) is 0 Å². The van der Waals surface area contributed by atoms with E-state index < -0.39 is 0 Å². The van der Waals surface area contributed by atoms with Crippen LogP contribution in [0.1, 0.15) is 44.7 Å². The molecule has 104 valence electrons. The summed E-state index contributed by atoms with van der Waals surface area (Å²) in [5, 5.41) is 3.67. The van der Waals surface area contributed by atoms with Gasteiger partial charge in [-0.05, 0) is 55.6 Å². The van der Waals surface area contributed by atoms with Gasteiger partial charge in [-0.1, -0.05) is 32.9 Å². The van der Waals surface area contributed by atoms with E-state index in [-0.39, 0.29) is 5.41 Å². The van der Waals surface area contributed by atoms with Crippen LogP contribution in [0.15, 0.2) is 18.2 Å². The van der Waals surface area contributed by atoms with Gasteiger partial charge in [0.2, 0.25) is 0 Å². The highest BCUT2D eigenvalue weighted by Crippen LogP contribution is 2.44. The molecule has 1 aromatic rings. The van der Waals surface area contributed by atoms with Gasteiger partial charge in [0.05, 0.1) is 0 Å². The minimum absolute atomic E-state index is 0.235. The van der Waals surface area contributed by atoms with Gasteiger partial charge in [0.25, 0.3) is 0 Å². The minimum atomic E-state index is 0.235. The molecule has 0 amide bonds. The molecular formula is C17H26N2. The summed E-state index contributed by atoms with van der Waals surface area (Å²) in [4.78, 5) is 2.45. The van der Waals surface area contributed by atoms with E-state index in [1.165, 1.54) is 37.2 Å². The maximum absolute atomic E-state index is 3.67. The maximum Gasteiger partial charge on any atom is 0.0382 e. The monoisotopic (exact) mass is 258 g/mol. The molecule has 0 aliphatic carbocycles. The van der Waals surface area contributed by atoms with Gasteiger partial charge < -0.3 is 10.2 Å². The van der Waals surface area contributed by atoms with E-state index in [1.54, 1.807) is 5.56 Å². The predicted octanol–water partition coefficient (Wildman–Crippen LogP) is 3.37. The summed E-state index contributed by atoms with van der Waals surface area (Å²) < 4.78 is 0. The summed E-state index contributed by atoms with van der Waals surface area (Å²) in [5.74, 6) is 0. The smallest absolute Gasteiger partial charge is 0.0382 e. The van der Waals surface area contributed by atoms with E-state index in [1.807, 2.05) is 0 Å². The molecule has 2 aliphatic rings. The number of hydrogen-bond donors (Lipinski definition) is 1. The molecule has 19 heavy (non-hydrogen) atoms. The second kappa shape index (κ2) is 4.24. The first-order chi connectivity index (χ1) is 8.91. The van der Waals surface area contributed by atoms with E-state index in [4.69, 9.17) is 0 Å². The summed E-state index contributed by atoms with van der Waals surface area (Å²) in [5.41, 5.74) is 5.02. The van der Waals surface area contributed by atoms with Crippen molar-refractivity contribution < 1.29 is 0 Å². The predicted molar refractivity (Wildman–Crippen MR) is 82.0 cm³/mol. The highest BCUT2D eigenvalue weighted by molar-refractivity contribution is 5.62. The second-order valence-corrected chi connectivity index (χ2v) is 7.45. The van der Waals surface area contributed by atoms with Crippen molar-refractivity contribution in [2.24, 2.45) is 0 Å². The Kier molecular flexibility index (Phi) is 2.90. The zero-order valence-electron chi connectivity index (χ0n) is 12.7. The van der Waals surface area contributed by atoms with Gasteiger partial charge in [0, 0.05) is 17.6 Å². The molecule has 0 atom stereocenters. The Bertz CT molecular complexity index is 477. The van der Waals surface area contributed by atoms with Gasteiger partial charge >= 0.3 is 0 Å². The van der Waals surface area contributed by atoms with Crippen LogP contribution in [0.4, 0.5) is 5.69 Å². The molecule has 0 aromatic heterocycles. The van der Waals surface area contributed by atoms with Crippen LogP contribution in [0.3, 0.4) is 0 Å². The number of hydrogen-bond acceptors (Lipinski definition) is 2. The number of benzene rings is 1. The Morgan fingerprint density at radius 1 is 1.16 bits per heavy atom. The van der Waals surface area contributed by atoms with Gasteiger partial charge in [0.1, 0.15) is 0 Å². The second-order valence-electron chi connectivity index (χ2n) is 7.45. The van der Waals surface area contributed by atoms with E-state index in [2.05, 4.69) is 56.2 Å². The largest absolute Gasteiger partial charge is 0.384 e. The quantitative estimate of drug-likeness (QED) is 0.767. The van der Waals surface area contributed by atoms with Gasteiger partial charge in [0.15, 0.2) is 0 Å². The van der Waals surface area contributed by atoms with Crippen molar-refractivity contribution in [2.45, 2.75) is 44.4 Å². The molecule has 1 saturated heterocycles. The fraction of sp³-hybridized carbons (Fsp3) is 0.647. The molecule has 1 N–H and O–H groups in total. The summed E-state index contributed by atoms with van der Waals surface area (Å²) >= 11 is 0. The molecule has 1 spiro atoms. The Balaban J connectivity index is 1.94. The molecule has 0 unspecified atom stereocenters. The third-order valence-electron chi connectivity index (χ3n) is 5.02. The zero-order valence-corrected chi connectivity index (χ0v) is 12.7. The Hall–Kier alpha value is -1.02. The maximum atomic E-state index is 3.67. The number of rotatable bonds is 0. The first kappa shape index (κ1) is 13.0. The lowest BCUT2D eigenvalue weighted by atomic mass is 9.73. The standard InChI is InChI=1S/C17H26N2/c1-16(2,3)13-5-6-14-15(11-13)18-12-17(14)7-9-19(4)10-8-17/h5-6,11,18H,7-10,12H2,1-4H3. The van der Waals surface area contributed by atoms with Crippen molar-refractivity contribution in [2.75, 3.05) is 32.0 Å². The van der Waals surface area contributed by atoms with Crippen LogP contribution in [0.5, 0.6) is 0 Å². The molecular weight excluding hydrogens is 232 g/mol. The summed E-state index contributed by atoms with van der Waals surface area (Å²) in [6, 6.07) is 7.11. The highest BCUT2D eigenvalue weighted by atomic mass is 15.1. The summed E-state index contributed by atoms with van der Waals surface area (Å²) in [6.07, 6.45) is 2.58. The fourth-order valence-electron chi connectivity index (χ4n) is 3.47. The number of nitrogens with one attached hydrogen (secondary N) is 1. The third-order valence-corrected chi connectivity index (χ3v) is 5.02. The SMILES string of the molecule is CN1CCC2(CC1)CNc1cc(C(C)(C)C)ccc12. The molecule has 0 saturated carbocycles. The highest BCUT2D eigenvalue weighted by Gasteiger charge is 2.40. The molecule has 3 rings (SSSR count). The van der Waals surface area contributed by atoms with E-state index in [0.717, 1.165) is 6.54 Å². The van der Waals surface area contributed by atoms with Crippen molar-refractivity contribution in [3.63, 3.8) is 0 Å². The number of nitrogens with zero attached hydrogens (tertiary/aromatic N) is 1. The van der Waals surface area contributed by atoms with Crippen LogP contribution >= 0.6 is 0 Å². The van der Waals surface area contributed by atoms with Crippen LogP contribution in [0, 0.1) is 0 Å². The van der Waals surface area contributed by atoms with Crippen LogP contribution < -0.4 is 5.32 Å². The van der Waals surface area contributed by atoms with Gasteiger partial charge in [-0.15, -0.1) is 0 Å². The van der Waals surface area contributed by atoms with Crippen LogP contribution in [-0.2, 0) is 10.8 Å². The molecule has 0 bridgehead atoms. The Morgan fingerprint density at radius 2 is 1.84 bits per heavy atom. The van der Waals surface area contributed by atoms with E-state index >= 15 is 0 Å². The van der Waals surface area contributed by atoms with Crippen molar-refractivity contribution in [3.05, 3.63) is 29.3 Å². The zero-order chi connectivity index (χ0) is 13.7. The third kappa shape index (κ3) is 2.16. The number of piperidine rings is 1. The molecule has 2 aliphatic heterocycles. The Morgan fingerprint density at radius 3 is 2.47 bits per heavy atom. The summed E-state index contributed by atoms with van der Waals surface area (Å²) in [6.45, 7) is 10.4. The lowest BCUT2D eigenvalue weighted by molar-refractivity contribution is 0.200.